The molecule has 0 bridgehead atoms. The summed E-state index contributed by atoms with van der Waals surface area (Å²) in [5.74, 6) is 1.48. The van der Waals surface area contributed by atoms with E-state index < -0.39 is 0 Å². The van der Waals surface area contributed by atoms with Gasteiger partial charge in [0.05, 0.1) is 26.4 Å². The first-order valence-corrected chi connectivity index (χ1v) is 6.05. The molecule has 1 aliphatic heterocycles. The van der Waals surface area contributed by atoms with E-state index in [9.17, 15) is 0 Å². The SMILES string of the molecule is COCCOC1CCN(c2cc(OC)ncn2)C1. The van der Waals surface area contributed by atoms with Crippen LogP contribution in [0.2, 0.25) is 0 Å². The van der Waals surface area contributed by atoms with Crippen LogP contribution in [0, 0.1) is 0 Å². The second-order valence-electron chi connectivity index (χ2n) is 4.14. The van der Waals surface area contributed by atoms with Gasteiger partial charge in [-0.2, -0.15) is 0 Å². The average Bonchev–Trinajstić information content (AvgIpc) is 2.88. The van der Waals surface area contributed by atoms with Crippen LogP contribution in [0.3, 0.4) is 0 Å². The highest BCUT2D eigenvalue weighted by Crippen LogP contribution is 2.21. The van der Waals surface area contributed by atoms with Crippen molar-refractivity contribution in [1.29, 1.82) is 0 Å². The Morgan fingerprint density at radius 3 is 3.00 bits per heavy atom. The third-order valence-corrected chi connectivity index (χ3v) is 2.95. The Kier molecular flexibility index (Phi) is 4.72. The van der Waals surface area contributed by atoms with Gasteiger partial charge in [0.25, 0.3) is 0 Å². The molecule has 1 saturated heterocycles. The molecule has 18 heavy (non-hydrogen) atoms. The molecule has 1 aromatic heterocycles. The highest BCUT2D eigenvalue weighted by atomic mass is 16.5. The van der Waals surface area contributed by atoms with Crippen LogP contribution in [-0.2, 0) is 9.47 Å². The van der Waals surface area contributed by atoms with Crippen molar-refractivity contribution in [1.82, 2.24) is 9.97 Å². The lowest BCUT2D eigenvalue weighted by molar-refractivity contribution is 0.0280. The monoisotopic (exact) mass is 253 g/mol. The molecule has 2 heterocycles. The topological polar surface area (TPSA) is 56.7 Å². The third-order valence-electron chi connectivity index (χ3n) is 2.95. The summed E-state index contributed by atoms with van der Waals surface area (Å²) < 4.78 is 15.8. The van der Waals surface area contributed by atoms with E-state index in [0.29, 0.717) is 19.1 Å². The molecule has 1 fully saturated rings. The van der Waals surface area contributed by atoms with Gasteiger partial charge in [-0.3, -0.25) is 0 Å². The van der Waals surface area contributed by atoms with E-state index in [4.69, 9.17) is 14.2 Å². The first-order valence-electron chi connectivity index (χ1n) is 6.05. The zero-order valence-corrected chi connectivity index (χ0v) is 10.8. The lowest BCUT2D eigenvalue weighted by Gasteiger charge is -2.17. The van der Waals surface area contributed by atoms with Crippen LogP contribution in [0.4, 0.5) is 5.82 Å². The molecule has 0 saturated carbocycles. The van der Waals surface area contributed by atoms with Crippen molar-refractivity contribution < 1.29 is 14.2 Å². The van der Waals surface area contributed by atoms with Crippen molar-refractivity contribution in [2.24, 2.45) is 0 Å². The van der Waals surface area contributed by atoms with Crippen LogP contribution in [0.25, 0.3) is 0 Å². The second kappa shape index (κ2) is 6.51. The summed E-state index contributed by atoms with van der Waals surface area (Å²) in [5.41, 5.74) is 0. The van der Waals surface area contributed by atoms with Gasteiger partial charge in [-0.05, 0) is 6.42 Å². The summed E-state index contributed by atoms with van der Waals surface area (Å²) in [6, 6.07) is 1.84. The molecule has 0 N–H and O–H groups in total. The van der Waals surface area contributed by atoms with Crippen molar-refractivity contribution in [3.05, 3.63) is 12.4 Å². The molecule has 2 rings (SSSR count). The van der Waals surface area contributed by atoms with E-state index in [1.807, 2.05) is 6.07 Å². The van der Waals surface area contributed by atoms with Crippen LogP contribution < -0.4 is 9.64 Å². The quantitative estimate of drug-likeness (QED) is 0.697. The van der Waals surface area contributed by atoms with Gasteiger partial charge in [0, 0.05) is 26.3 Å². The number of aromatic nitrogens is 2. The van der Waals surface area contributed by atoms with Gasteiger partial charge in [-0.1, -0.05) is 0 Å². The van der Waals surface area contributed by atoms with Gasteiger partial charge in [0.2, 0.25) is 5.88 Å². The van der Waals surface area contributed by atoms with Gasteiger partial charge < -0.3 is 19.1 Å². The highest BCUT2D eigenvalue weighted by molar-refractivity contribution is 5.42. The Hall–Kier alpha value is -1.40. The fourth-order valence-corrected chi connectivity index (χ4v) is 1.98. The van der Waals surface area contributed by atoms with Crippen LogP contribution in [0.5, 0.6) is 5.88 Å². The van der Waals surface area contributed by atoms with E-state index >= 15 is 0 Å². The lowest BCUT2D eigenvalue weighted by atomic mass is 10.3. The van der Waals surface area contributed by atoms with Crippen molar-refractivity contribution in [2.75, 3.05) is 45.4 Å². The predicted molar refractivity (Wildman–Crippen MR) is 67.0 cm³/mol. The maximum absolute atomic E-state index is 5.71. The molecule has 1 unspecified atom stereocenters. The molecule has 1 atom stereocenters. The van der Waals surface area contributed by atoms with Gasteiger partial charge in [0.15, 0.2) is 0 Å². The summed E-state index contributed by atoms with van der Waals surface area (Å²) in [7, 11) is 3.28. The van der Waals surface area contributed by atoms with Crippen LogP contribution >= 0.6 is 0 Å². The largest absolute Gasteiger partial charge is 0.481 e. The van der Waals surface area contributed by atoms with E-state index in [1.54, 1.807) is 14.2 Å². The predicted octanol–water partition coefficient (Wildman–Crippen LogP) is 0.727. The van der Waals surface area contributed by atoms with Gasteiger partial charge in [0.1, 0.15) is 12.1 Å². The molecule has 0 spiro atoms. The zero-order chi connectivity index (χ0) is 12.8. The number of hydrogen-bond donors (Lipinski definition) is 0. The molecule has 1 aliphatic rings. The number of rotatable bonds is 6. The fraction of sp³-hybridized carbons (Fsp3) is 0.667. The molecular formula is C12H19N3O3. The zero-order valence-electron chi connectivity index (χ0n) is 10.8. The van der Waals surface area contributed by atoms with Crippen molar-refractivity contribution >= 4 is 5.82 Å². The molecule has 6 nitrogen and oxygen atoms in total. The highest BCUT2D eigenvalue weighted by Gasteiger charge is 2.24. The van der Waals surface area contributed by atoms with E-state index in [0.717, 1.165) is 25.3 Å². The van der Waals surface area contributed by atoms with Crippen molar-refractivity contribution in [3.8, 4) is 5.88 Å². The summed E-state index contributed by atoms with van der Waals surface area (Å²) in [4.78, 5) is 10.4. The first-order chi connectivity index (χ1) is 8.83. The lowest BCUT2D eigenvalue weighted by Crippen LogP contribution is -2.24. The van der Waals surface area contributed by atoms with Crippen LogP contribution in [0.1, 0.15) is 6.42 Å². The summed E-state index contributed by atoms with van der Waals surface area (Å²) in [6.45, 7) is 3.07. The molecule has 0 aromatic carbocycles. The second-order valence-corrected chi connectivity index (χ2v) is 4.14. The minimum atomic E-state index is 0.251. The van der Waals surface area contributed by atoms with Gasteiger partial charge in [-0.15, -0.1) is 0 Å². The number of methoxy groups -OCH3 is 2. The molecule has 0 radical (unpaired) electrons. The molecular weight excluding hydrogens is 234 g/mol. The Labute approximate surface area is 107 Å². The normalized spacial score (nSPS) is 19.2. The average molecular weight is 253 g/mol. The van der Waals surface area contributed by atoms with Crippen LogP contribution in [-0.4, -0.2) is 56.6 Å². The number of anilines is 1. The molecule has 0 aliphatic carbocycles. The van der Waals surface area contributed by atoms with Crippen LogP contribution in [0.15, 0.2) is 12.4 Å². The standard InChI is InChI=1S/C12H19N3O3/c1-16-5-6-18-10-3-4-15(8-10)11-7-12(17-2)14-9-13-11/h7,9-10H,3-6,8H2,1-2H3. The Bertz CT molecular complexity index is 375. The number of hydrogen-bond acceptors (Lipinski definition) is 6. The Morgan fingerprint density at radius 1 is 1.33 bits per heavy atom. The number of nitrogens with zero attached hydrogens (tertiary/aromatic N) is 3. The fourth-order valence-electron chi connectivity index (χ4n) is 1.98. The van der Waals surface area contributed by atoms with Crippen molar-refractivity contribution in [3.63, 3.8) is 0 Å². The Balaban J connectivity index is 1.87. The molecule has 1 aromatic rings. The van der Waals surface area contributed by atoms with E-state index in [-0.39, 0.29) is 6.10 Å². The summed E-state index contributed by atoms with van der Waals surface area (Å²) >= 11 is 0. The molecule has 6 heteroatoms. The molecule has 0 amide bonds. The Morgan fingerprint density at radius 2 is 2.22 bits per heavy atom. The maximum atomic E-state index is 5.71. The van der Waals surface area contributed by atoms with Crippen molar-refractivity contribution in [2.45, 2.75) is 12.5 Å². The smallest absolute Gasteiger partial charge is 0.218 e. The minimum absolute atomic E-state index is 0.251. The van der Waals surface area contributed by atoms with E-state index in [2.05, 4.69) is 14.9 Å². The van der Waals surface area contributed by atoms with Gasteiger partial charge in [-0.25, -0.2) is 9.97 Å². The summed E-state index contributed by atoms with van der Waals surface area (Å²) in [6.07, 6.45) is 2.78. The minimum Gasteiger partial charge on any atom is -0.481 e. The summed E-state index contributed by atoms with van der Waals surface area (Å²) in [5, 5.41) is 0. The van der Waals surface area contributed by atoms with E-state index in [1.165, 1.54) is 6.33 Å². The maximum Gasteiger partial charge on any atom is 0.218 e. The number of ether oxygens (including phenoxy) is 3. The van der Waals surface area contributed by atoms with Gasteiger partial charge >= 0.3 is 0 Å². The third kappa shape index (κ3) is 3.30. The molecule has 100 valence electrons. The first kappa shape index (κ1) is 13.0.